The van der Waals surface area contributed by atoms with Gasteiger partial charge < -0.3 is 4.90 Å². The van der Waals surface area contributed by atoms with Gasteiger partial charge in [-0.05, 0) is 38.2 Å². The van der Waals surface area contributed by atoms with Gasteiger partial charge in [0.2, 0.25) is 0 Å². The van der Waals surface area contributed by atoms with Crippen LogP contribution in [0.3, 0.4) is 0 Å². The van der Waals surface area contributed by atoms with Gasteiger partial charge in [-0.3, -0.25) is 0 Å². The van der Waals surface area contributed by atoms with Crippen molar-refractivity contribution >= 4 is 15.9 Å². The molecule has 0 aliphatic carbocycles. The van der Waals surface area contributed by atoms with Gasteiger partial charge in [-0.25, -0.2) is 0 Å². The van der Waals surface area contributed by atoms with Crippen molar-refractivity contribution in [1.29, 1.82) is 0 Å². The van der Waals surface area contributed by atoms with Crippen LogP contribution in [0, 0.1) is 6.92 Å². The number of halogens is 1. The molecule has 1 aromatic carbocycles. The maximum atomic E-state index is 3.95. The molecule has 1 aromatic rings. The Bertz CT molecular complexity index is 253. The van der Waals surface area contributed by atoms with Gasteiger partial charge in [-0.15, -0.1) is 0 Å². The molecule has 0 heterocycles. The lowest BCUT2D eigenvalue weighted by Crippen LogP contribution is -2.18. The molecule has 0 aliphatic rings. The first-order valence-electron chi connectivity index (χ1n) is 4.36. The predicted molar refractivity (Wildman–Crippen MR) is 60.5 cm³/mol. The van der Waals surface area contributed by atoms with E-state index in [1.807, 2.05) is 0 Å². The fraction of sp³-hybridized carbons (Fsp3) is 0.364. The van der Waals surface area contributed by atoms with E-state index in [0.717, 1.165) is 10.9 Å². The van der Waals surface area contributed by atoms with Gasteiger partial charge in [-0.2, -0.15) is 0 Å². The highest BCUT2D eigenvalue weighted by molar-refractivity contribution is 9.10. The highest BCUT2D eigenvalue weighted by Gasteiger charge is 2.10. The topological polar surface area (TPSA) is 3.24 Å². The van der Waals surface area contributed by atoms with Crippen molar-refractivity contribution in [2.75, 3.05) is 14.1 Å². The molecule has 13 heavy (non-hydrogen) atoms. The van der Waals surface area contributed by atoms with Crippen molar-refractivity contribution in [3.63, 3.8) is 0 Å². The molecule has 2 heteroatoms. The monoisotopic (exact) mass is 240 g/mol. The van der Waals surface area contributed by atoms with Gasteiger partial charge >= 0.3 is 0 Å². The van der Waals surface area contributed by atoms with Gasteiger partial charge in [0, 0.05) is 10.5 Å². The van der Waals surface area contributed by atoms with E-state index in [0.29, 0.717) is 6.04 Å². The molecule has 1 atom stereocenters. The minimum absolute atomic E-state index is 0.424. The first-order valence-corrected chi connectivity index (χ1v) is 5.15. The van der Waals surface area contributed by atoms with Gasteiger partial charge in [0.05, 0.1) is 0 Å². The fourth-order valence-electron chi connectivity index (χ4n) is 1.41. The Morgan fingerprint density at radius 2 is 1.85 bits per heavy atom. The van der Waals surface area contributed by atoms with Gasteiger partial charge in [0.15, 0.2) is 0 Å². The molecule has 1 rings (SSSR count). The Balaban J connectivity index is 2.86. The largest absolute Gasteiger partial charge is 0.302 e. The third-order valence-corrected chi connectivity index (χ3v) is 2.68. The molecule has 1 unspecified atom stereocenters. The number of benzene rings is 1. The molecule has 1 nitrogen and oxygen atoms in total. The number of hydrogen-bond donors (Lipinski definition) is 0. The summed E-state index contributed by atoms with van der Waals surface area (Å²) in [6, 6.07) is 8.84. The van der Waals surface area contributed by atoms with Crippen LogP contribution in [0.25, 0.3) is 0 Å². The van der Waals surface area contributed by atoms with Crippen LogP contribution in [0.1, 0.15) is 18.0 Å². The van der Waals surface area contributed by atoms with Gasteiger partial charge in [-0.1, -0.05) is 35.0 Å². The van der Waals surface area contributed by atoms with E-state index in [9.17, 15) is 0 Å². The Morgan fingerprint density at radius 3 is 2.23 bits per heavy atom. The summed E-state index contributed by atoms with van der Waals surface area (Å²) >= 11 is 3.42. The fourth-order valence-corrected chi connectivity index (χ4v) is 1.67. The first kappa shape index (κ1) is 10.7. The van der Waals surface area contributed by atoms with Crippen molar-refractivity contribution in [3.8, 4) is 0 Å². The van der Waals surface area contributed by atoms with Crippen molar-refractivity contribution in [2.45, 2.75) is 12.5 Å². The minimum Gasteiger partial charge on any atom is -0.302 e. The average molecular weight is 241 g/mol. The molecule has 0 aromatic heterocycles. The normalized spacial score (nSPS) is 13.3. The van der Waals surface area contributed by atoms with Crippen molar-refractivity contribution < 1.29 is 0 Å². The summed E-state index contributed by atoms with van der Waals surface area (Å²) in [4.78, 5) is 2.19. The van der Waals surface area contributed by atoms with Crippen molar-refractivity contribution in [1.82, 2.24) is 4.90 Å². The standard InChI is InChI=1S/C11H15BrN/c1-4-11(13(2)3)9-5-7-10(12)8-6-9/h5-8,11H,1,4H2,2-3H3. The van der Waals surface area contributed by atoms with Gasteiger partial charge in [0.25, 0.3) is 0 Å². The second-order valence-electron chi connectivity index (χ2n) is 3.32. The number of nitrogens with zero attached hydrogens (tertiary/aromatic N) is 1. The van der Waals surface area contributed by atoms with E-state index in [1.165, 1.54) is 5.56 Å². The summed E-state index contributed by atoms with van der Waals surface area (Å²) in [5.41, 5.74) is 1.32. The smallest absolute Gasteiger partial charge is 0.0342 e. The summed E-state index contributed by atoms with van der Waals surface area (Å²) in [5, 5.41) is 0. The second kappa shape index (κ2) is 4.77. The Kier molecular flexibility index (Phi) is 3.94. The second-order valence-corrected chi connectivity index (χ2v) is 4.24. The first-order chi connectivity index (χ1) is 6.15. The van der Waals surface area contributed by atoms with Crippen LogP contribution in [0.15, 0.2) is 28.7 Å². The van der Waals surface area contributed by atoms with Crippen LogP contribution in [0.2, 0.25) is 0 Å². The predicted octanol–water partition coefficient (Wildman–Crippen LogP) is 3.28. The maximum absolute atomic E-state index is 3.95. The van der Waals surface area contributed by atoms with E-state index in [2.05, 4.69) is 66.1 Å². The summed E-state index contributed by atoms with van der Waals surface area (Å²) < 4.78 is 1.12. The quantitative estimate of drug-likeness (QED) is 0.784. The third-order valence-electron chi connectivity index (χ3n) is 2.15. The summed E-state index contributed by atoms with van der Waals surface area (Å²) in [5.74, 6) is 0. The van der Waals surface area contributed by atoms with E-state index in [4.69, 9.17) is 0 Å². The number of rotatable bonds is 3. The highest BCUT2D eigenvalue weighted by Crippen LogP contribution is 2.22. The lowest BCUT2D eigenvalue weighted by molar-refractivity contribution is 0.300. The lowest BCUT2D eigenvalue weighted by atomic mass is 10.0. The van der Waals surface area contributed by atoms with Crippen molar-refractivity contribution in [3.05, 3.63) is 41.2 Å². The maximum Gasteiger partial charge on any atom is 0.0342 e. The molecule has 1 radical (unpaired) electrons. The average Bonchev–Trinajstić information content (AvgIpc) is 2.09. The van der Waals surface area contributed by atoms with Crippen LogP contribution < -0.4 is 0 Å². The molecule has 71 valence electrons. The van der Waals surface area contributed by atoms with Crippen LogP contribution in [0.5, 0.6) is 0 Å². The van der Waals surface area contributed by atoms with Crippen LogP contribution >= 0.6 is 15.9 Å². The summed E-state index contributed by atoms with van der Waals surface area (Å²) in [6.07, 6.45) is 0.897. The molecule has 0 fully saturated rings. The summed E-state index contributed by atoms with van der Waals surface area (Å²) in [6.45, 7) is 3.95. The third kappa shape index (κ3) is 2.82. The molecule has 0 amide bonds. The van der Waals surface area contributed by atoms with Crippen molar-refractivity contribution in [2.24, 2.45) is 0 Å². The van der Waals surface area contributed by atoms with Crippen LogP contribution in [-0.4, -0.2) is 19.0 Å². The lowest BCUT2D eigenvalue weighted by Gasteiger charge is -2.23. The molecule has 0 saturated carbocycles. The zero-order valence-electron chi connectivity index (χ0n) is 8.13. The van der Waals surface area contributed by atoms with Crippen LogP contribution in [-0.2, 0) is 0 Å². The highest BCUT2D eigenvalue weighted by atomic mass is 79.9. The van der Waals surface area contributed by atoms with Crippen LogP contribution in [0.4, 0.5) is 0 Å². The molecule has 0 saturated heterocycles. The molecular weight excluding hydrogens is 226 g/mol. The van der Waals surface area contributed by atoms with E-state index in [1.54, 1.807) is 0 Å². The molecular formula is C11H15BrN. The molecule has 0 N–H and O–H groups in total. The Hall–Kier alpha value is -0.340. The molecule has 0 bridgehead atoms. The van der Waals surface area contributed by atoms with E-state index >= 15 is 0 Å². The Morgan fingerprint density at radius 1 is 1.31 bits per heavy atom. The number of hydrogen-bond acceptors (Lipinski definition) is 1. The minimum atomic E-state index is 0.424. The zero-order valence-corrected chi connectivity index (χ0v) is 9.71. The van der Waals surface area contributed by atoms with Gasteiger partial charge in [0.1, 0.15) is 0 Å². The Labute approximate surface area is 88.9 Å². The zero-order chi connectivity index (χ0) is 9.84. The van der Waals surface area contributed by atoms with E-state index in [-0.39, 0.29) is 0 Å². The van der Waals surface area contributed by atoms with E-state index < -0.39 is 0 Å². The molecule has 0 spiro atoms. The summed E-state index contributed by atoms with van der Waals surface area (Å²) in [7, 11) is 4.16. The SMILES string of the molecule is [CH2]CC(c1ccc(Br)cc1)N(C)C. The molecule has 0 aliphatic heterocycles.